The lowest BCUT2D eigenvalue weighted by Gasteiger charge is -2.31. The molecule has 11 heteroatoms. The third-order valence-electron chi connectivity index (χ3n) is 10.4. The first kappa shape index (κ1) is 34.9. The number of imidazole rings is 2. The van der Waals surface area contributed by atoms with E-state index in [1.54, 1.807) is 6.20 Å². The first-order chi connectivity index (χ1) is 24.1. The lowest BCUT2D eigenvalue weighted by atomic mass is 9.95. The third-order valence-corrected chi connectivity index (χ3v) is 10.4. The molecule has 3 N–H and O–H groups in total. The molecule has 1 aliphatic heterocycles. The van der Waals surface area contributed by atoms with E-state index in [0.29, 0.717) is 30.7 Å². The van der Waals surface area contributed by atoms with Gasteiger partial charge in [-0.15, -0.1) is 0 Å². The molecule has 4 aromatic rings. The second-order valence-corrected chi connectivity index (χ2v) is 14.5. The molecule has 2 aromatic heterocycles. The first-order valence-corrected chi connectivity index (χ1v) is 17.8. The molecule has 11 nitrogen and oxygen atoms in total. The number of benzene rings is 2. The van der Waals surface area contributed by atoms with Crippen LogP contribution in [0.25, 0.3) is 33.6 Å². The zero-order valence-electron chi connectivity index (χ0n) is 29.7. The summed E-state index contributed by atoms with van der Waals surface area (Å²) in [6.07, 6.45) is 7.66. The predicted molar refractivity (Wildman–Crippen MR) is 192 cm³/mol. The molecule has 1 aliphatic carbocycles. The van der Waals surface area contributed by atoms with Gasteiger partial charge in [-0.2, -0.15) is 0 Å². The number of amides is 3. The summed E-state index contributed by atoms with van der Waals surface area (Å²) in [7, 11) is 1.33. The summed E-state index contributed by atoms with van der Waals surface area (Å²) in [6.45, 7) is 10.2. The number of methoxy groups -OCH3 is 1. The highest BCUT2D eigenvalue weighted by atomic mass is 16.5. The standard InChI is InChI=1S/C39H49N7O4/c1-24(2)21-46(38(48)36(44-39(49)50-5)31-17-25(3)26(4)18-31)22-35-40-19-32(42-35)29-12-8-27(9-13-29)28-10-14-30(15-11-28)33-20-41-37(43-33)34-7-6-16-45(34)23-47/h8-15,19-20,23-26,31,34,36H,6-7,16-18,21-22H2,1-5H3,(H,40,42)(H,41,43)(H,44,49)/t25-,26?,31?,34?,36?/m0/s1. The quantitative estimate of drug-likeness (QED) is 0.141. The smallest absolute Gasteiger partial charge is 0.407 e. The Morgan fingerprint density at radius 2 is 1.52 bits per heavy atom. The Labute approximate surface area is 294 Å². The van der Waals surface area contributed by atoms with Crippen LogP contribution in [0.5, 0.6) is 0 Å². The van der Waals surface area contributed by atoms with E-state index in [9.17, 15) is 14.4 Å². The van der Waals surface area contributed by atoms with Crippen LogP contribution in [0.2, 0.25) is 0 Å². The number of aromatic amines is 2. The number of aromatic nitrogens is 4. The van der Waals surface area contributed by atoms with E-state index >= 15 is 0 Å². The molecule has 0 radical (unpaired) electrons. The van der Waals surface area contributed by atoms with Crippen molar-refractivity contribution in [1.82, 2.24) is 35.1 Å². The topological polar surface area (TPSA) is 136 Å². The second-order valence-electron chi connectivity index (χ2n) is 14.5. The molecule has 6 rings (SSSR count). The molecule has 1 saturated heterocycles. The maximum absolute atomic E-state index is 14.1. The van der Waals surface area contributed by atoms with Crippen LogP contribution in [0.3, 0.4) is 0 Å². The fourth-order valence-corrected chi connectivity index (χ4v) is 7.54. The highest BCUT2D eigenvalue weighted by Gasteiger charge is 2.40. The van der Waals surface area contributed by atoms with Crippen LogP contribution >= 0.6 is 0 Å². The zero-order valence-corrected chi connectivity index (χ0v) is 29.7. The molecule has 264 valence electrons. The Bertz CT molecular complexity index is 1750. The van der Waals surface area contributed by atoms with Crippen molar-refractivity contribution in [2.45, 2.75) is 72.0 Å². The molecule has 3 heterocycles. The van der Waals surface area contributed by atoms with Crippen LogP contribution in [-0.4, -0.2) is 74.4 Å². The van der Waals surface area contributed by atoms with Gasteiger partial charge in [0.1, 0.15) is 17.7 Å². The van der Waals surface area contributed by atoms with Gasteiger partial charge in [-0.1, -0.05) is 76.2 Å². The average Bonchev–Trinajstić information content (AvgIpc) is 3.94. The number of carbonyl (C=O) groups excluding carboxylic acids is 3. The molecular formula is C39H49N7O4. The SMILES string of the molecule is COC(=O)NC(C(=O)N(Cc1ncc(-c2ccc(-c3ccc(-c4cnc(C5CCCN5C=O)[nH]4)cc3)cc2)[nH]1)CC(C)C)C1CC(C)[C@@H](C)C1. The molecule has 2 fully saturated rings. The number of hydrogen-bond acceptors (Lipinski definition) is 6. The van der Waals surface area contributed by atoms with Crippen LogP contribution in [0.15, 0.2) is 60.9 Å². The van der Waals surface area contributed by atoms with E-state index in [0.717, 1.165) is 78.1 Å². The number of ether oxygens (including phenoxy) is 1. The van der Waals surface area contributed by atoms with E-state index in [2.05, 4.69) is 101 Å². The molecule has 2 aromatic carbocycles. The number of alkyl carbamates (subject to hydrolysis) is 1. The van der Waals surface area contributed by atoms with Gasteiger partial charge in [-0.05, 0) is 71.6 Å². The number of nitrogens with one attached hydrogen (secondary N) is 3. The number of hydrogen-bond donors (Lipinski definition) is 3. The van der Waals surface area contributed by atoms with Gasteiger partial charge in [0, 0.05) is 13.1 Å². The van der Waals surface area contributed by atoms with E-state index in [1.165, 1.54) is 7.11 Å². The van der Waals surface area contributed by atoms with Gasteiger partial charge in [0.2, 0.25) is 12.3 Å². The molecule has 4 unspecified atom stereocenters. The lowest BCUT2D eigenvalue weighted by Crippen LogP contribution is -2.52. The highest BCUT2D eigenvalue weighted by molar-refractivity contribution is 5.86. The predicted octanol–water partition coefficient (Wildman–Crippen LogP) is 6.82. The van der Waals surface area contributed by atoms with Crippen molar-refractivity contribution in [3.8, 4) is 33.6 Å². The summed E-state index contributed by atoms with van der Waals surface area (Å²) < 4.78 is 4.91. The summed E-state index contributed by atoms with van der Waals surface area (Å²) in [5, 5.41) is 2.87. The minimum Gasteiger partial charge on any atom is -0.453 e. The van der Waals surface area contributed by atoms with Crippen molar-refractivity contribution < 1.29 is 19.1 Å². The minimum atomic E-state index is -0.645. The maximum Gasteiger partial charge on any atom is 0.407 e. The van der Waals surface area contributed by atoms with Crippen LogP contribution in [0.1, 0.15) is 71.1 Å². The first-order valence-electron chi connectivity index (χ1n) is 17.8. The normalized spacial score (nSPS) is 21.0. The van der Waals surface area contributed by atoms with Crippen molar-refractivity contribution in [3.05, 3.63) is 72.6 Å². The van der Waals surface area contributed by atoms with Gasteiger partial charge in [0.15, 0.2) is 0 Å². The molecule has 1 saturated carbocycles. The Balaban J connectivity index is 1.13. The minimum absolute atomic E-state index is 0.0174. The van der Waals surface area contributed by atoms with E-state index in [-0.39, 0.29) is 23.8 Å². The van der Waals surface area contributed by atoms with Crippen LogP contribution in [0.4, 0.5) is 4.79 Å². The van der Waals surface area contributed by atoms with Crippen LogP contribution < -0.4 is 5.32 Å². The van der Waals surface area contributed by atoms with Gasteiger partial charge in [-0.3, -0.25) is 9.59 Å². The third kappa shape index (κ3) is 7.77. The monoisotopic (exact) mass is 679 g/mol. The van der Waals surface area contributed by atoms with Crippen molar-refractivity contribution in [1.29, 1.82) is 0 Å². The molecule has 50 heavy (non-hydrogen) atoms. The molecule has 2 aliphatic rings. The fraction of sp³-hybridized carbons (Fsp3) is 0.462. The molecular weight excluding hydrogens is 630 g/mol. The van der Waals surface area contributed by atoms with Crippen molar-refractivity contribution >= 4 is 18.4 Å². The summed E-state index contributed by atoms with van der Waals surface area (Å²) in [5.41, 5.74) is 6.01. The van der Waals surface area contributed by atoms with Crippen molar-refractivity contribution in [2.75, 3.05) is 20.2 Å². The number of nitrogens with zero attached hydrogens (tertiary/aromatic N) is 4. The molecule has 5 atom stereocenters. The summed E-state index contributed by atoms with van der Waals surface area (Å²) in [6, 6.07) is 16.0. The van der Waals surface area contributed by atoms with Gasteiger partial charge in [0.25, 0.3) is 0 Å². The average molecular weight is 680 g/mol. The Morgan fingerprint density at radius 1 is 0.940 bits per heavy atom. The van der Waals surface area contributed by atoms with Gasteiger partial charge < -0.3 is 29.8 Å². The van der Waals surface area contributed by atoms with Gasteiger partial charge in [-0.25, -0.2) is 14.8 Å². The largest absolute Gasteiger partial charge is 0.453 e. The van der Waals surface area contributed by atoms with Gasteiger partial charge in [0.05, 0.1) is 43.5 Å². The molecule has 3 amide bonds. The number of rotatable bonds is 12. The van der Waals surface area contributed by atoms with Crippen molar-refractivity contribution in [2.24, 2.45) is 23.7 Å². The summed E-state index contributed by atoms with van der Waals surface area (Å²) >= 11 is 0. The Morgan fingerprint density at radius 3 is 2.10 bits per heavy atom. The van der Waals surface area contributed by atoms with E-state index < -0.39 is 12.1 Å². The summed E-state index contributed by atoms with van der Waals surface area (Å²) in [4.78, 5) is 57.5. The Kier molecular flexibility index (Phi) is 10.7. The van der Waals surface area contributed by atoms with E-state index in [1.807, 2.05) is 16.0 Å². The maximum atomic E-state index is 14.1. The second kappa shape index (κ2) is 15.3. The fourth-order valence-electron chi connectivity index (χ4n) is 7.54. The highest BCUT2D eigenvalue weighted by Crippen LogP contribution is 2.38. The lowest BCUT2D eigenvalue weighted by molar-refractivity contribution is -0.136. The zero-order chi connectivity index (χ0) is 35.4. The van der Waals surface area contributed by atoms with Crippen LogP contribution in [-0.2, 0) is 20.9 Å². The molecule has 0 spiro atoms. The number of H-pyrrole nitrogens is 2. The number of carbonyl (C=O) groups is 3. The summed E-state index contributed by atoms with van der Waals surface area (Å²) in [5.74, 6) is 2.68. The van der Waals surface area contributed by atoms with Crippen LogP contribution in [0, 0.1) is 23.7 Å². The van der Waals surface area contributed by atoms with Gasteiger partial charge >= 0.3 is 6.09 Å². The molecule has 0 bridgehead atoms. The number of likely N-dealkylation sites (tertiary alicyclic amines) is 1. The van der Waals surface area contributed by atoms with Crippen molar-refractivity contribution in [3.63, 3.8) is 0 Å². The van der Waals surface area contributed by atoms with E-state index in [4.69, 9.17) is 4.74 Å². The Hall–Kier alpha value is -4.93.